The van der Waals surface area contributed by atoms with Crippen molar-refractivity contribution in [1.29, 1.82) is 0 Å². The molecule has 1 fully saturated rings. The zero-order chi connectivity index (χ0) is 10.6. The maximum Gasteiger partial charge on any atom is 0.226 e. The zero-order valence-electron chi connectivity index (χ0n) is 9.55. The first-order chi connectivity index (χ1) is 6.66. The molecule has 1 aliphatic rings. The summed E-state index contributed by atoms with van der Waals surface area (Å²) >= 11 is 0. The summed E-state index contributed by atoms with van der Waals surface area (Å²) in [6.45, 7) is 5.89. The maximum absolute atomic E-state index is 12.0. The van der Waals surface area contributed by atoms with E-state index in [1.54, 1.807) is 0 Å². The molecule has 3 heteroatoms. The first-order valence-corrected chi connectivity index (χ1v) is 5.62. The molecule has 1 amide bonds. The van der Waals surface area contributed by atoms with Gasteiger partial charge >= 0.3 is 0 Å². The Bertz CT molecular complexity index is 194. The van der Waals surface area contributed by atoms with Crippen LogP contribution in [0.1, 0.15) is 33.1 Å². The van der Waals surface area contributed by atoms with Crippen molar-refractivity contribution in [2.75, 3.05) is 20.1 Å². The zero-order valence-corrected chi connectivity index (χ0v) is 9.55. The van der Waals surface area contributed by atoms with Gasteiger partial charge in [-0.2, -0.15) is 0 Å². The van der Waals surface area contributed by atoms with Crippen LogP contribution in [0, 0.1) is 5.92 Å². The number of amides is 1. The molecule has 0 aromatic rings. The molecule has 14 heavy (non-hydrogen) atoms. The van der Waals surface area contributed by atoms with E-state index in [0.717, 1.165) is 19.5 Å². The molecule has 1 saturated heterocycles. The lowest BCUT2D eigenvalue weighted by atomic mass is 10.0. The van der Waals surface area contributed by atoms with Crippen LogP contribution in [0.4, 0.5) is 0 Å². The maximum atomic E-state index is 12.0. The Kier molecular flexibility index (Phi) is 4.39. The van der Waals surface area contributed by atoms with Crippen LogP contribution in [0.15, 0.2) is 0 Å². The van der Waals surface area contributed by atoms with Gasteiger partial charge in [-0.05, 0) is 33.2 Å². The van der Waals surface area contributed by atoms with E-state index in [1.807, 2.05) is 18.9 Å². The van der Waals surface area contributed by atoms with E-state index in [9.17, 15) is 4.79 Å². The van der Waals surface area contributed by atoms with E-state index in [0.29, 0.717) is 11.9 Å². The summed E-state index contributed by atoms with van der Waals surface area (Å²) in [4.78, 5) is 14.0. The Hall–Kier alpha value is -0.570. The van der Waals surface area contributed by atoms with Gasteiger partial charge in [-0.25, -0.2) is 0 Å². The van der Waals surface area contributed by atoms with Gasteiger partial charge in [0.15, 0.2) is 0 Å². The van der Waals surface area contributed by atoms with Crippen molar-refractivity contribution < 1.29 is 4.79 Å². The van der Waals surface area contributed by atoms with Gasteiger partial charge in [-0.1, -0.05) is 6.92 Å². The number of nitrogens with zero attached hydrogens (tertiary/aromatic N) is 1. The lowest BCUT2D eigenvalue weighted by Crippen LogP contribution is -2.46. The van der Waals surface area contributed by atoms with Crippen molar-refractivity contribution in [3.05, 3.63) is 0 Å². The molecule has 1 N–H and O–H groups in total. The number of carbonyl (C=O) groups is 1. The van der Waals surface area contributed by atoms with Crippen molar-refractivity contribution in [3.8, 4) is 0 Å². The molecular weight excluding hydrogens is 176 g/mol. The predicted molar refractivity (Wildman–Crippen MR) is 58.1 cm³/mol. The van der Waals surface area contributed by atoms with Gasteiger partial charge in [0, 0.05) is 25.0 Å². The highest BCUT2D eigenvalue weighted by atomic mass is 16.2. The van der Waals surface area contributed by atoms with Gasteiger partial charge < -0.3 is 10.2 Å². The fourth-order valence-electron chi connectivity index (χ4n) is 2.10. The van der Waals surface area contributed by atoms with Gasteiger partial charge in [-0.15, -0.1) is 0 Å². The second-order valence-corrected chi connectivity index (χ2v) is 4.34. The minimum absolute atomic E-state index is 0.112. The number of rotatable bonds is 3. The molecule has 1 aliphatic heterocycles. The molecule has 2 atom stereocenters. The largest absolute Gasteiger partial charge is 0.340 e. The summed E-state index contributed by atoms with van der Waals surface area (Å²) in [5, 5.41) is 3.05. The summed E-state index contributed by atoms with van der Waals surface area (Å²) < 4.78 is 0. The standard InChI is InChI=1S/C11H22N2O/c1-9(8-12-3)11(14)13-7-5-4-6-10(13)2/h9-10,12H,4-8H2,1-3H3. The number of likely N-dealkylation sites (tertiary alicyclic amines) is 1. The molecule has 3 nitrogen and oxygen atoms in total. The molecule has 0 aromatic carbocycles. The monoisotopic (exact) mass is 198 g/mol. The number of nitrogens with one attached hydrogen (secondary N) is 1. The SMILES string of the molecule is CNCC(C)C(=O)N1CCCCC1C. The van der Waals surface area contributed by atoms with Gasteiger partial charge in [0.2, 0.25) is 5.91 Å². The first kappa shape index (κ1) is 11.5. The average molecular weight is 198 g/mol. The number of piperidine rings is 1. The van der Waals surface area contributed by atoms with E-state index in [-0.39, 0.29) is 5.92 Å². The van der Waals surface area contributed by atoms with Crippen LogP contribution >= 0.6 is 0 Å². The fourth-order valence-corrected chi connectivity index (χ4v) is 2.10. The predicted octanol–water partition coefficient (Wildman–Crippen LogP) is 1.24. The Morgan fingerprint density at radius 2 is 2.29 bits per heavy atom. The third-order valence-corrected chi connectivity index (χ3v) is 3.02. The Morgan fingerprint density at radius 3 is 2.86 bits per heavy atom. The average Bonchev–Trinajstić information content (AvgIpc) is 2.18. The highest BCUT2D eigenvalue weighted by Crippen LogP contribution is 2.18. The summed E-state index contributed by atoms with van der Waals surface area (Å²) in [6, 6.07) is 0.440. The van der Waals surface area contributed by atoms with Crippen LogP contribution in [0.5, 0.6) is 0 Å². The highest BCUT2D eigenvalue weighted by Gasteiger charge is 2.26. The normalized spacial score (nSPS) is 24.8. The molecule has 0 spiro atoms. The Morgan fingerprint density at radius 1 is 1.57 bits per heavy atom. The van der Waals surface area contributed by atoms with Gasteiger partial charge in [0.05, 0.1) is 0 Å². The molecule has 0 radical (unpaired) electrons. The quantitative estimate of drug-likeness (QED) is 0.740. The van der Waals surface area contributed by atoms with Gasteiger partial charge in [-0.3, -0.25) is 4.79 Å². The minimum Gasteiger partial charge on any atom is -0.340 e. The summed E-state index contributed by atoms with van der Waals surface area (Å²) in [5.74, 6) is 0.423. The Balaban J connectivity index is 2.49. The van der Waals surface area contributed by atoms with E-state index in [4.69, 9.17) is 0 Å². The van der Waals surface area contributed by atoms with Crippen LogP contribution in [0.2, 0.25) is 0 Å². The molecule has 0 aliphatic carbocycles. The molecule has 0 saturated carbocycles. The van der Waals surface area contributed by atoms with Gasteiger partial charge in [0.25, 0.3) is 0 Å². The van der Waals surface area contributed by atoms with E-state index in [1.165, 1.54) is 12.8 Å². The summed E-state index contributed by atoms with van der Waals surface area (Å²) in [7, 11) is 1.89. The van der Waals surface area contributed by atoms with E-state index < -0.39 is 0 Å². The van der Waals surface area contributed by atoms with Crippen LogP contribution < -0.4 is 5.32 Å². The molecule has 1 heterocycles. The second-order valence-electron chi connectivity index (χ2n) is 4.34. The van der Waals surface area contributed by atoms with Crippen LogP contribution in [0.25, 0.3) is 0 Å². The van der Waals surface area contributed by atoms with Crippen molar-refractivity contribution in [2.45, 2.75) is 39.2 Å². The molecular formula is C11H22N2O. The first-order valence-electron chi connectivity index (χ1n) is 5.62. The lowest BCUT2D eigenvalue weighted by Gasteiger charge is -2.35. The van der Waals surface area contributed by atoms with Crippen LogP contribution in [-0.4, -0.2) is 37.0 Å². The molecule has 1 rings (SSSR count). The number of hydrogen-bond donors (Lipinski definition) is 1. The van der Waals surface area contributed by atoms with Crippen molar-refractivity contribution in [1.82, 2.24) is 10.2 Å². The van der Waals surface area contributed by atoms with Crippen molar-refractivity contribution in [3.63, 3.8) is 0 Å². The van der Waals surface area contributed by atoms with Crippen molar-refractivity contribution in [2.24, 2.45) is 5.92 Å². The van der Waals surface area contributed by atoms with Crippen LogP contribution in [-0.2, 0) is 4.79 Å². The topological polar surface area (TPSA) is 32.3 Å². The molecule has 0 aromatic heterocycles. The molecule has 82 valence electrons. The highest BCUT2D eigenvalue weighted by molar-refractivity contribution is 5.79. The van der Waals surface area contributed by atoms with E-state index >= 15 is 0 Å². The lowest BCUT2D eigenvalue weighted by molar-refractivity contribution is -0.138. The van der Waals surface area contributed by atoms with Gasteiger partial charge in [0.1, 0.15) is 0 Å². The summed E-state index contributed by atoms with van der Waals surface area (Å²) in [6.07, 6.45) is 3.60. The van der Waals surface area contributed by atoms with Crippen LogP contribution in [0.3, 0.4) is 0 Å². The Labute approximate surface area is 86.9 Å². The molecule has 2 unspecified atom stereocenters. The third-order valence-electron chi connectivity index (χ3n) is 3.02. The number of hydrogen-bond acceptors (Lipinski definition) is 2. The second kappa shape index (κ2) is 5.35. The van der Waals surface area contributed by atoms with Crippen molar-refractivity contribution >= 4 is 5.91 Å². The fraction of sp³-hybridized carbons (Fsp3) is 0.909. The smallest absolute Gasteiger partial charge is 0.226 e. The number of carbonyl (C=O) groups excluding carboxylic acids is 1. The minimum atomic E-state index is 0.112. The molecule has 0 bridgehead atoms. The third kappa shape index (κ3) is 2.71. The summed E-state index contributed by atoms with van der Waals surface area (Å²) in [5.41, 5.74) is 0. The van der Waals surface area contributed by atoms with E-state index in [2.05, 4.69) is 12.2 Å².